The SMILES string of the molecule is CNC(=O)c1csc2c(C(F)(F)F)cc(OC3C[C@@H]4CN(C(=O)OCCOC(F)(F)F)C[C@@H]4C3)nc12. The van der Waals surface area contributed by atoms with Gasteiger partial charge in [0.05, 0.1) is 28.0 Å². The van der Waals surface area contributed by atoms with E-state index in [-0.39, 0.29) is 46.6 Å². The quantitative estimate of drug-likeness (QED) is 0.430. The van der Waals surface area contributed by atoms with Crippen LogP contribution in [0.5, 0.6) is 5.88 Å². The maximum atomic E-state index is 13.7. The van der Waals surface area contributed by atoms with Crippen LogP contribution in [0, 0.1) is 11.8 Å². The van der Waals surface area contributed by atoms with E-state index in [2.05, 4.69) is 15.0 Å². The Balaban J connectivity index is 1.39. The highest BCUT2D eigenvalue weighted by Gasteiger charge is 2.44. The highest BCUT2D eigenvalue weighted by Crippen LogP contribution is 2.43. The Hall–Kier alpha value is -2.81. The number of nitrogens with zero attached hydrogens (tertiary/aromatic N) is 2. The van der Waals surface area contributed by atoms with Crippen LogP contribution in [0.25, 0.3) is 10.2 Å². The molecule has 8 nitrogen and oxygen atoms in total. The zero-order valence-corrected chi connectivity index (χ0v) is 19.6. The lowest BCUT2D eigenvalue weighted by Crippen LogP contribution is -2.32. The van der Waals surface area contributed by atoms with Gasteiger partial charge >= 0.3 is 18.6 Å². The minimum Gasteiger partial charge on any atom is -0.474 e. The Morgan fingerprint density at radius 2 is 1.81 bits per heavy atom. The number of carbonyl (C=O) groups excluding carboxylic acids is 2. The minimum atomic E-state index is -4.81. The van der Waals surface area contributed by atoms with E-state index in [9.17, 15) is 35.9 Å². The summed E-state index contributed by atoms with van der Waals surface area (Å²) in [7, 11) is 1.36. The zero-order valence-electron chi connectivity index (χ0n) is 18.7. The van der Waals surface area contributed by atoms with Crippen LogP contribution in [0.3, 0.4) is 0 Å². The van der Waals surface area contributed by atoms with E-state index in [1.54, 1.807) is 0 Å². The first-order valence-electron chi connectivity index (χ1n) is 10.9. The van der Waals surface area contributed by atoms with Gasteiger partial charge in [-0.2, -0.15) is 13.2 Å². The fourth-order valence-corrected chi connectivity index (χ4v) is 5.61. The number of likely N-dealkylation sites (tertiary alicyclic amines) is 1. The molecular weight excluding hydrogens is 520 g/mol. The van der Waals surface area contributed by atoms with Gasteiger partial charge in [0, 0.05) is 31.6 Å². The number of alkyl halides is 6. The van der Waals surface area contributed by atoms with Gasteiger partial charge < -0.3 is 19.7 Å². The number of hydrogen-bond acceptors (Lipinski definition) is 7. The first kappa shape index (κ1) is 26.3. The van der Waals surface area contributed by atoms with E-state index in [0.29, 0.717) is 12.8 Å². The molecule has 2 aromatic rings. The number of thiophene rings is 1. The number of hydrogen-bond donors (Lipinski definition) is 1. The van der Waals surface area contributed by atoms with Crippen LogP contribution in [0.2, 0.25) is 0 Å². The predicted molar refractivity (Wildman–Crippen MR) is 114 cm³/mol. The van der Waals surface area contributed by atoms with Gasteiger partial charge in [-0.15, -0.1) is 24.5 Å². The average Bonchev–Trinajstić information content (AvgIpc) is 3.47. The molecule has 1 unspecified atom stereocenters. The standard InChI is InChI=1S/C21H21F6N3O5S/c1-28-18(31)13-9-36-17-14(20(22,23)24)6-15(29-16(13)17)35-12-4-10-7-30(8-11(10)5-12)19(32)33-2-3-34-21(25,26)27/h6,9-12H,2-5,7-8H2,1H3,(H,28,31)/t10-,11+,12?. The molecule has 1 aliphatic carbocycles. The number of nitrogens with one attached hydrogen (secondary N) is 1. The van der Waals surface area contributed by atoms with Crippen molar-refractivity contribution in [2.75, 3.05) is 33.4 Å². The Kier molecular flexibility index (Phi) is 7.23. The lowest BCUT2D eigenvalue weighted by Gasteiger charge is -2.20. The van der Waals surface area contributed by atoms with Crippen molar-refractivity contribution in [2.45, 2.75) is 31.5 Å². The Morgan fingerprint density at radius 3 is 2.39 bits per heavy atom. The summed E-state index contributed by atoms with van der Waals surface area (Å²) < 4.78 is 91.0. The summed E-state index contributed by atoms with van der Waals surface area (Å²) in [6, 6.07) is 0.827. The van der Waals surface area contributed by atoms with Crippen molar-refractivity contribution in [3.05, 3.63) is 22.6 Å². The molecule has 198 valence electrons. The third-order valence-electron chi connectivity index (χ3n) is 6.10. The number of halogens is 6. The lowest BCUT2D eigenvalue weighted by molar-refractivity contribution is -0.326. The van der Waals surface area contributed by atoms with Crippen molar-refractivity contribution in [1.82, 2.24) is 15.2 Å². The van der Waals surface area contributed by atoms with Crippen molar-refractivity contribution >= 4 is 33.6 Å². The largest absolute Gasteiger partial charge is 0.522 e. The Bertz CT molecular complexity index is 1120. The van der Waals surface area contributed by atoms with Gasteiger partial charge in [0.1, 0.15) is 12.7 Å². The van der Waals surface area contributed by atoms with Crippen LogP contribution in [0.4, 0.5) is 31.1 Å². The van der Waals surface area contributed by atoms with Crippen LogP contribution >= 0.6 is 11.3 Å². The zero-order chi connectivity index (χ0) is 26.3. The molecular formula is C21H21F6N3O5S. The summed E-state index contributed by atoms with van der Waals surface area (Å²) in [6.45, 7) is -0.786. The fourth-order valence-electron chi connectivity index (χ4n) is 4.59. The molecule has 0 spiro atoms. The fraction of sp³-hybridized carbons (Fsp3) is 0.571. The Labute approximate surface area is 204 Å². The number of fused-ring (bicyclic) bond motifs is 2. The van der Waals surface area contributed by atoms with Gasteiger partial charge in [-0.05, 0) is 24.7 Å². The molecule has 0 bridgehead atoms. The second-order valence-corrected chi connectivity index (χ2v) is 9.34. The third kappa shape index (κ3) is 5.77. The number of ether oxygens (including phenoxy) is 3. The molecule has 2 fully saturated rings. The highest BCUT2D eigenvalue weighted by molar-refractivity contribution is 7.17. The summed E-state index contributed by atoms with van der Waals surface area (Å²) in [5, 5.41) is 3.70. The predicted octanol–water partition coefficient (Wildman–Crippen LogP) is 4.44. The molecule has 1 aliphatic heterocycles. The normalized spacial score (nSPS) is 22.1. The van der Waals surface area contributed by atoms with Crippen molar-refractivity contribution in [3.8, 4) is 5.88 Å². The topological polar surface area (TPSA) is 90.0 Å². The van der Waals surface area contributed by atoms with Crippen LogP contribution in [0.15, 0.2) is 11.4 Å². The van der Waals surface area contributed by atoms with Gasteiger partial charge in [-0.3, -0.25) is 9.53 Å². The van der Waals surface area contributed by atoms with E-state index < -0.39 is 49.4 Å². The minimum absolute atomic E-state index is 0.0117. The lowest BCUT2D eigenvalue weighted by atomic mass is 10.0. The number of pyridine rings is 1. The number of rotatable bonds is 6. The molecule has 3 atom stereocenters. The molecule has 1 N–H and O–H groups in total. The first-order valence-corrected chi connectivity index (χ1v) is 11.7. The van der Waals surface area contributed by atoms with Crippen LogP contribution in [-0.2, 0) is 15.7 Å². The van der Waals surface area contributed by atoms with Gasteiger partial charge in [-0.25, -0.2) is 9.78 Å². The summed E-state index contributed by atoms with van der Waals surface area (Å²) in [5.74, 6) is -0.833. The smallest absolute Gasteiger partial charge is 0.474 e. The molecule has 15 heteroatoms. The highest BCUT2D eigenvalue weighted by atomic mass is 32.1. The molecule has 4 rings (SSSR count). The number of aromatic nitrogens is 1. The molecule has 0 radical (unpaired) electrons. The Morgan fingerprint density at radius 1 is 1.14 bits per heavy atom. The van der Waals surface area contributed by atoms with Crippen molar-refractivity contribution in [3.63, 3.8) is 0 Å². The number of amides is 2. The molecule has 0 aromatic carbocycles. The molecule has 1 saturated carbocycles. The molecule has 36 heavy (non-hydrogen) atoms. The van der Waals surface area contributed by atoms with E-state index in [1.165, 1.54) is 17.3 Å². The van der Waals surface area contributed by atoms with Gasteiger partial charge in [-0.1, -0.05) is 0 Å². The van der Waals surface area contributed by atoms with Crippen LogP contribution in [-0.4, -0.2) is 67.7 Å². The van der Waals surface area contributed by atoms with Crippen molar-refractivity contribution < 1.29 is 50.1 Å². The molecule has 1 saturated heterocycles. The van der Waals surface area contributed by atoms with E-state index in [4.69, 9.17) is 9.47 Å². The van der Waals surface area contributed by atoms with Crippen LogP contribution < -0.4 is 10.1 Å². The van der Waals surface area contributed by atoms with Gasteiger partial charge in [0.15, 0.2) is 0 Å². The maximum absolute atomic E-state index is 13.7. The summed E-state index contributed by atoms with van der Waals surface area (Å²) in [5.41, 5.74) is -1.01. The molecule has 2 amide bonds. The monoisotopic (exact) mass is 541 g/mol. The van der Waals surface area contributed by atoms with E-state index in [1.807, 2.05) is 0 Å². The van der Waals surface area contributed by atoms with Crippen molar-refractivity contribution in [1.29, 1.82) is 0 Å². The molecule has 2 aromatic heterocycles. The average molecular weight is 541 g/mol. The second-order valence-electron chi connectivity index (χ2n) is 8.46. The van der Waals surface area contributed by atoms with Crippen LogP contribution in [0.1, 0.15) is 28.8 Å². The maximum Gasteiger partial charge on any atom is 0.522 e. The van der Waals surface area contributed by atoms with Crippen molar-refractivity contribution in [2.24, 2.45) is 11.8 Å². The summed E-state index contributed by atoms with van der Waals surface area (Å²) in [6.07, 6.45) is -9.81. The first-order chi connectivity index (χ1) is 16.9. The second kappa shape index (κ2) is 9.92. The van der Waals surface area contributed by atoms with E-state index in [0.717, 1.165) is 17.4 Å². The molecule has 3 heterocycles. The van der Waals surface area contributed by atoms with Gasteiger partial charge in [0.25, 0.3) is 5.91 Å². The van der Waals surface area contributed by atoms with Gasteiger partial charge in [0.2, 0.25) is 5.88 Å². The summed E-state index contributed by atoms with van der Waals surface area (Å²) in [4.78, 5) is 29.8. The number of carbonyl (C=O) groups is 2. The molecule has 2 aliphatic rings. The third-order valence-corrected chi connectivity index (χ3v) is 7.11. The summed E-state index contributed by atoms with van der Waals surface area (Å²) >= 11 is 0.775. The van der Waals surface area contributed by atoms with E-state index >= 15 is 0 Å².